The first-order valence-corrected chi connectivity index (χ1v) is 10.3. The van der Waals surface area contributed by atoms with E-state index in [4.69, 9.17) is 28.9 Å². The van der Waals surface area contributed by atoms with Crippen LogP contribution in [0, 0.1) is 0 Å². The summed E-state index contributed by atoms with van der Waals surface area (Å²) in [6.07, 6.45) is 0.833. The van der Waals surface area contributed by atoms with Gasteiger partial charge in [-0.2, -0.15) is 0 Å². The molecular weight excluding hydrogens is 463 g/mol. The van der Waals surface area contributed by atoms with Crippen molar-refractivity contribution in [2.75, 3.05) is 20.0 Å². The summed E-state index contributed by atoms with van der Waals surface area (Å²) in [7, 11) is 2.55. The maximum Gasteiger partial charge on any atom is 0.358 e. The minimum atomic E-state index is -1.05. The summed E-state index contributed by atoms with van der Waals surface area (Å²) in [5, 5.41) is 0.360. The zero-order valence-electron chi connectivity index (χ0n) is 16.7. The fraction of sp³-hybridized carbons (Fsp3) is 0.143. The van der Waals surface area contributed by atoms with Gasteiger partial charge < -0.3 is 15.2 Å². The van der Waals surface area contributed by atoms with Gasteiger partial charge in [0.1, 0.15) is 6.29 Å². The van der Waals surface area contributed by atoms with E-state index in [0.29, 0.717) is 5.13 Å². The van der Waals surface area contributed by atoms with Gasteiger partial charge in [-0.05, 0) is 5.56 Å². The summed E-state index contributed by atoms with van der Waals surface area (Å²) < 4.78 is 8.77. The number of hydrogen-bond acceptors (Lipinski definition) is 8. The van der Waals surface area contributed by atoms with Crippen molar-refractivity contribution in [2.24, 2.45) is 0 Å². The van der Waals surface area contributed by atoms with Crippen molar-refractivity contribution in [3.05, 3.63) is 71.9 Å². The van der Waals surface area contributed by atoms with Crippen LogP contribution in [0.25, 0.3) is 10.4 Å². The number of carbonyl (C=O) groups is 3. The van der Waals surface area contributed by atoms with Gasteiger partial charge in [0.2, 0.25) is 4.84 Å². The first-order valence-electron chi connectivity index (χ1n) is 8.60. The van der Waals surface area contributed by atoms with Crippen LogP contribution in [0.2, 0.25) is 0 Å². The zero-order chi connectivity index (χ0) is 23.2. The predicted molar refractivity (Wildman–Crippen MR) is 123 cm³/mol. The predicted octanol–water partition coefficient (Wildman–Crippen LogP) is 4.64. The van der Waals surface area contributed by atoms with Crippen LogP contribution in [0.4, 0.5) is 5.13 Å². The molecule has 0 aliphatic carbocycles. The lowest BCUT2D eigenvalue weighted by atomic mass is 10.1. The van der Waals surface area contributed by atoms with E-state index in [9.17, 15) is 14.4 Å². The molecule has 0 fully saturated rings. The number of halogens is 2. The Morgan fingerprint density at radius 1 is 1.00 bits per heavy atom. The Balaban J connectivity index is 0.000000268. The third-order valence-electron chi connectivity index (χ3n) is 3.37. The van der Waals surface area contributed by atoms with E-state index < -0.39 is 16.8 Å². The molecule has 0 aliphatic rings. The molecule has 164 valence electrons. The second-order valence-corrected chi connectivity index (χ2v) is 7.57. The number of thiazole rings is 1. The van der Waals surface area contributed by atoms with Crippen molar-refractivity contribution in [1.82, 2.24) is 4.98 Å². The largest absolute Gasteiger partial charge is 0.467 e. The van der Waals surface area contributed by atoms with E-state index in [1.807, 2.05) is 48.5 Å². The quantitative estimate of drug-likeness (QED) is 0.327. The topological polar surface area (TPSA) is 109 Å². The van der Waals surface area contributed by atoms with Crippen LogP contribution in [0.5, 0.6) is 0 Å². The highest BCUT2D eigenvalue weighted by atomic mass is 35.5. The molecule has 0 atom stereocenters. The fourth-order valence-electron chi connectivity index (χ4n) is 1.98. The Kier molecular flexibility index (Phi) is 11.9. The van der Waals surface area contributed by atoms with Crippen LogP contribution in [0.15, 0.2) is 60.7 Å². The van der Waals surface area contributed by atoms with Gasteiger partial charge in [-0.15, -0.1) is 0 Å². The molecule has 3 rings (SSSR count). The van der Waals surface area contributed by atoms with Crippen molar-refractivity contribution in [3.63, 3.8) is 0 Å². The van der Waals surface area contributed by atoms with Gasteiger partial charge in [0.25, 0.3) is 0 Å². The maximum atomic E-state index is 11.5. The number of nitrogens with zero attached hydrogens (tertiary/aromatic N) is 1. The molecule has 0 aliphatic heterocycles. The van der Waals surface area contributed by atoms with Crippen molar-refractivity contribution in [3.8, 4) is 10.4 Å². The Labute approximate surface area is 193 Å². The molecule has 0 bridgehead atoms. The summed E-state index contributed by atoms with van der Waals surface area (Å²) in [5.41, 5.74) is 7.53. The Morgan fingerprint density at radius 3 is 1.94 bits per heavy atom. The van der Waals surface area contributed by atoms with Gasteiger partial charge in [-0.25, -0.2) is 14.6 Å². The Bertz CT molecular complexity index is 966. The van der Waals surface area contributed by atoms with Crippen LogP contribution < -0.4 is 5.73 Å². The summed E-state index contributed by atoms with van der Waals surface area (Å²) >= 11 is 11.3. The average Bonchev–Trinajstić information content (AvgIpc) is 3.21. The van der Waals surface area contributed by atoms with E-state index in [2.05, 4.69) is 14.5 Å². The number of hydrogen-bond donors (Lipinski definition) is 1. The van der Waals surface area contributed by atoms with Gasteiger partial charge in [-0.1, -0.05) is 95.2 Å². The van der Waals surface area contributed by atoms with Crippen LogP contribution >= 0.6 is 34.5 Å². The minimum Gasteiger partial charge on any atom is -0.467 e. The molecule has 0 saturated carbocycles. The number of esters is 2. The van der Waals surface area contributed by atoms with Crippen LogP contribution in [0.3, 0.4) is 0 Å². The lowest BCUT2D eigenvalue weighted by Crippen LogP contribution is -2.08. The lowest BCUT2D eigenvalue weighted by Gasteiger charge is -1.99. The lowest BCUT2D eigenvalue weighted by molar-refractivity contribution is -0.138. The maximum absolute atomic E-state index is 11.5. The average molecular weight is 483 g/mol. The highest BCUT2D eigenvalue weighted by molar-refractivity contribution is 7.19. The number of ether oxygens (including phenoxy) is 2. The number of benzene rings is 2. The van der Waals surface area contributed by atoms with Crippen molar-refractivity contribution in [2.45, 2.75) is 4.84 Å². The number of rotatable bonds is 4. The molecule has 3 aromatic rings. The summed E-state index contributed by atoms with van der Waals surface area (Å²) in [4.78, 5) is 35.2. The van der Waals surface area contributed by atoms with Crippen molar-refractivity contribution >= 4 is 57.9 Å². The number of anilines is 1. The third-order valence-corrected chi connectivity index (χ3v) is 4.66. The highest BCUT2D eigenvalue weighted by Gasteiger charge is 2.18. The summed E-state index contributed by atoms with van der Waals surface area (Å²) in [5.74, 6) is -1.09. The van der Waals surface area contributed by atoms with E-state index in [1.165, 1.54) is 25.6 Å². The normalized spacial score (nSPS) is 9.45. The second kappa shape index (κ2) is 14.1. The number of methoxy groups -OCH3 is 2. The number of nitrogens with two attached hydrogens (primary N) is 1. The number of nitrogen functional groups attached to an aromatic ring is 1. The third kappa shape index (κ3) is 9.17. The molecular formula is C21H20Cl2N2O5S. The molecule has 2 aromatic carbocycles. The van der Waals surface area contributed by atoms with Crippen LogP contribution in [-0.4, -0.2) is 42.3 Å². The van der Waals surface area contributed by atoms with E-state index in [1.54, 1.807) is 12.1 Å². The smallest absolute Gasteiger partial charge is 0.358 e. The molecule has 2 N–H and O–H groups in total. The van der Waals surface area contributed by atoms with Crippen molar-refractivity contribution in [1.29, 1.82) is 0 Å². The number of alkyl halides is 2. The molecule has 31 heavy (non-hydrogen) atoms. The molecule has 1 heterocycles. The van der Waals surface area contributed by atoms with Gasteiger partial charge in [0.05, 0.1) is 19.1 Å². The molecule has 0 saturated heterocycles. The number of aldehydes is 1. The monoisotopic (exact) mass is 482 g/mol. The van der Waals surface area contributed by atoms with Gasteiger partial charge in [-0.3, -0.25) is 4.79 Å². The molecule has 0 unspecified atom stereocenters. The first kappa shape index (κ1) is 26.1. The second-order valence-electron chi connectivity index (χ2n) is 5.44. The van der Waals surface area contributed by atoms with Gasteiger partial charge >= 0.3 is 11.9 Å². The van der Waals surface area contributed by atoms with Crippen LogP contribution in [0.1, 0.15) is 20.8 Å². The molecule has 10 heteroatoms. The highest BCUT2D eigenvalue weighted by Crippen LogP contribution is 2.31. The molecule has 1 aromatic heterocycles. The molecule has 0 spiro atoms. The van der Waals surface area contributed by atoms with Crippen molar-refractivity contribution < 1.29 is 23.9 Å². The summed E-state index contributed by atoms with van der Waals surface area (Å²) in [6, 6.07) is 18.6. The zero-order valence-corrected chi connectivity index (χ0v) is 19.0. The molecule has 0 amide bonds. The van der Waals surface area contributed by atoms with E-state index >= 15 is 0 Å². The molecule has 0 radical (unpaired) electrons. The summed E-state index contributed by atoms with van der Waals surface area (Å²) in [6.45, 7) is 0. The fourth-order valence-corrected chi connectivity index (χ4v) is 2.98. The number of aromatic nitrogens is 1. The van der Waals surface area contributed by atoms with Crippen LogP contribution in [-0.2, 0) is 14.3 Å². The van der Waals surface area contributed by atoms with E-state index in [0.717, 1.165) is 22.3 Å². The number of carbonyl (C=O) groups excluding carboxylic acids is 3. The minimum absolute atomic E-state index is 0.274. The molecule has 7 nitrogen and oxygen atoms in total. The van der Waals surface area contributed by atoms with Gasteiger partial charge in [0.15, 0.2) is 10.8 Å². The van der Waals surface area contributed by atoms with E-state index in [-0.39, 0.29) is 5.69 Å². The van der Waals surface area contributed by atoms with Gasteiger partial charge in [0, 0.05) is 5.56 Å². The Morgan fingerprint density at radius 2 is 1.55 bits per heavy atom. The SMILES string of the molecule is COC(=O)C(Cl)Cl.COC(=O)c1nc(N)sc1-c1ccccc1.O=Cc1ccccc1. The first-order chi connectivity index (χ1) is 14.8. The Hall–Kier alpha value is -2.94. The standard InChI is InChI=1S/C11H10N2O2S.C7H6O.C3H4Cl2O2/c1-15-10(14)8-9(16-11(12)13-8)7-5-3-2-4-6-7;8-6-7-4-2-1-3-5-7;1-7-3(6)2(4)5/h2-6H,1H3,(H2,12,13);1-6H;2H,1H3.